The van der Waals surface area contributed by atoms with E-state index in [0.29, 0.717) is 5.75 Å². The molecule has 0 bridgehead atoms. The molecule has 5 heteroatoms. The molecule has 1 rings (SSSR count). The Morgan fingerprint density at radius 2 is 2.16 bits per heavy atom. The average Bonchev–Trinajstić information content (AvgIpc) is 2.37. The molecule has 0 aromatic heterocycles. The van der Waals surface area contributed by atoms with Crippen LogP contribution in [0.1, 0.15) is 18.1 Å². The standard InChI is InChI=1S/C14H19NO3S/c1-10-5-4-6-12(7-10)8-19-9-13(16)15-11(2)14(17)18-3/h4-7,11H,8-9H2,1-3H3,(H,15,16)/t11-/m0/s1. The van der Waals surface area contributed by atoms with E-state index in [-0.39, 0.29) is 5.91 Å². The molecule has 19 heavy (non-hydrogen) atoms. The van der Waals surface area contributed by atoms with Gasteiger partial charge in [0, 0.05) is 5.75 Å². The number of nitrogens with one attached hydrogen (secondary N) is 1. The van der Waals surface area contributed by atoms with Gasteiger partial charge in [-0.1, -0.05) is 29.8 Å². The first-order valence-corrected chi connectivity index (χ1v) is 7.19. The first-order valence-electron chi connectivity index (χ1n) is 6.03. The number of rotatable bonds is 6. The molecule has 1 N–H and O–H groups in total. The third kappa shape index (κ3) is 5.79. The van der Waals surface area contributed by atoms with E-state index in [4.69, 9.17) is 0 Å². The van der Waals surface area contributed by atoms with Crippen LogP contribution in [0, 0.1) is 6.92 Å². The predicted octanol–water partition coefficient (Wildman–Crippen LogP) is 1.91. The zero-order chi connectivity index (χ0) is 14.3. The highest BCUT2D eigenvalue weighted by atomic mass is 32.2. The highest BCUT2D eigenvalue weighted by Crippen LogP contribution is 2.13. The molecule has 0 fully saturated rings. The van der Waals surface area contributed by atoms with Gasteiger partial charge in [0.1, 0.15) is 6.04 Å². The number of aryl methyl sites for hydroxylation is 1. The number of hydrogen-bond acceptors (Lipinski definition) is 4. The van der Waals surface area contributed by atoms with Crippen LogP contribution in [0.5, 0.6) is 0 Å². The van der Waals surface area contributed by atoms with Crippen molar-refractivity contribution in [3.63, 3.8) is 0 Å². The Morgan fingerprint density at radius 3 is 2.79 bits per heavy atom. The van der Waals surface area contributed by atoms with Gasteiger partial charge in [0.15, 0.2) is 0 Å². The van der Waals surface area contributed by atoms with Gasteiger partial charge in [0.2, 0.25) is 5.91 Å². The maximum atomic E-state index is 11.6. The minimum absolute atomic E-state index is 0.157. The van der Waals surface area contributed by atoms with Crippen molar-refractivity contribution >= 4 is 23.6 Å². The number of hydrogen-bond donors (Lipinski definition) is 1. The van der Waals surface area contributed by atoms with Crippen LogP contribution in [0.15, 0.2) is 24.3 Å². The summed E-state index contributed by atoms with van der Waals surface area (Å²) in [7, 11) is 1.30. The van der Waals surface area contributed by atoms with Crippen LogP contribution in [-0.2, 0) is 20.1 Å². The lowest BCUT2D eigenvalue weighted by atomic mass is 10.2. The maximum absolute atomic E-state index is 11.6. The quantitative estimate of drug-likeness (QED) is 0.809. The molecular weight excluding hydrogens is 262 g/mol. The molecule has 0 aliphatic heterocycles. The van der Waals surface area contributed by atoms with Crippen molar-refractivity contribution in [1.82, 2.24) is 5.32 Å². The van der Waals surface area contributed by atoms with Crippen molar-refractivity contribution in [2.75, 3.05) is 12.9 Å². The SMILES string of the molecule is COC(=O)[C@H](C)NC(=O)CSCc1cccc(C)c1. The molecule has 1 atom stereocenters. The number of carbonyl (C=O) groups excluding carboxylic acids is 2. The molecule has 0 aliphatic carbocycles. The van der Waals surface area contributed by atoms with Crippen molar-refractivity contribution in [1.29, 1.82) is 0 Å². The predicted molar refractivity (Wildman–Crippen MR) is 77.0 cm³/mol. The summed E-state index contributed by atoms with van der Waals surface area (Å²) in [5, 5.41) is 2.59. The molecule has 1 amide bonds. The fraction of sp³-hybridized carbons (Fsp3) is 0.429. The van der Waals surface area contributed by atoms with Crippen LogP contribution >= 0.6 is 11.8 Å². The Balaban J connectivity index is 2.29. The molecule has 0 heterocycles. The van der Waals surface area contributed by atoms with E-state index in [1.807, 2.05) is 25.1 Å². The van der Waals surface area contributed by atoms with Crippen molar-refractivity contribution in [2.45, 2.75) is 25.6 Å². The van der Waals surface area contributed by atoms with Crippen molar-refractivity contribution < 1.29 is 14.3 Å². The van der Waals surface area contributed by atoms with Gasteiger partial charge in [-0.15, -0.1) is 11.8 Å². The number of benzene rings is 1. The first kappa shape index (κ1) is 15.6. The average molecular weight is 281 g/mol. The monoisotopic (exact) mass is 281 g/mol. The summed E-state index contributed by atoms with van der Waals surface area (Å²) in [6, 6.07) is 7.58. The number of carbonyl (C=O) groups is 2. The van der Waals surface area contributed by atoms with Gasteiger partial charge in [-0.3, -0.25) is 4.79 Å². The lowest BCUT2D eigenvalue weighted by Crippen LogP contribution is -2.40. The van der Waals surface area contributed by atoms with Gasteiger partial charge in [-0.2, -0.15) is 0 Å². The summed E-state index contributed by atoms with van der Waals surface area (Å²) in [6.07, 6.45) is 0. The minimum atomic E-state index is -0.600. The normalized spacial score (nSPS) is 11.7. The third-order valence-electron chi connectivity index (χ3n) is 2.52. The van der Waals surface area contributed by atoms with Gasteiger partial charge in [-0.05, 0) is 19.4 Å². The zero-order valence-electron chi connectivity index (χ0n) is 11.4. The number of ether oxygens (including phenoxy) is 1. The Morgan fingerprint density at radius 1 is 1.42 bits per heavy atom. The maximum Gasteiger partial charge on any atom is 0.328 e. The smallest absolute Gasteiger partial charge is 0.328 e. The summed E-state index contributed by atoms with van der Waals surface area (Å²) < 4.78 is 4.54. The molecule has 0 aliphatic rings. The van der Waals surface area contributed by atoms with E-state index in [2.05, 4.69) is 16.1 Å². The van der Waals surface area contributed by atoms with E-state index in [9.17, 15) is 9.59 Å². The Kier molecular flexibility index (Phi) is 6.42. The highest BCUT2D eigenvalue weighted by Gasteiger charge is 2.15. The van der Waals surface area contributed by atoms with Crippen LogP contribution < -0.4 is 5.32 Å². The van der Waals surface area contributed by atoms with Gasteiger partial charge in [0.05, 0.1) is 12.9 Å². The summed E-state index contributed by atoms with van der Waals surface area (Å²) in [6.45, 7) is 3.65. The Labute approximate surface area is 117 Å². The number of amides is 1. The largest absolute Gasteiger partial charge is 0.467 e. The summed E-state index contributed by atoms with van der Waals surface area (Å²) in [4.78, 5) is 22.7. The lowest BCUT2D eigenvalue weighted by Gasteiger charge is -2.11. The van der Waals surface area contributed by atoms with Crippen molar-refractivity contribution in [2.24, 2.45) is 0 Å². The Hall–Kier alpha value is -1.49. The molecule has 1 aromatic rings. The van der Waals surface area contributed by atoms with E-state index < -0.39 is 12.0 Å². The summed E-state index contributed by atoms with van der Waals surface area (Å²) in [5.74, 6) is 0.518. The van der Waals surface area contributed by atoms with E-state index in [0.717, 1.165) is 5.75 Å². The minimum Gasteiger partial charge on any atom is -0.467 e. The second-order valence-electron chi connectivity index (χ2n) is 4.29. The van der Waals surface area contributed by atoms with Crippen molar-refractivity contribution in [3.05, 3.63) is 35.4 Å². The van der Waals surface area contributed by atoms with Gasteiger partial charge in [-0.25, -0.2) is 4.79 Å². The van der Waals surface area contributed by atoms with Crippen LogP contribution in [0.3, 0.4) is 0 Å². The first-order chi connectivity index (χ1) is 9.02. The highest BCUT2D eigenvalue weighted by molar-refractivity contribution is 7.99. The van der Waals surface area contributed by atoms with E-state index in [1.165, 1.54) is 30.0 Å². The zero-order valence-corrected chi connectivity index (χ0v) is 12.3. The molecule has 0 saturated carbocycles. The van der Waals surface area contributed by atoms with Crippen LogP contribution in [-0.4, -0.2) is 30.8 Å². The number of methoxy groups -OCH3 is 1. The van der Waals surface area contributed by atoms with Crippen LogP contribution in [0.4, 0.5) is 0 Å². The summed E-state index contributed by atoms with van der Waals surface area (Å²) in [5.41, 5.74) is 2.40. The fourth-order valence-electron chi connectivity index (χ4n) is 1.58. The van der Waals surface area contributed by atoms with Crippen LogP contribution in [0.2, 0.25) is 0 Å². The molecule has 0 spiro atoms. The molecule has 0 radical (unpaired) electrons. The molecular formula is C14H19NO3S. The topological polar surface area (TPSA) is 55.4 Å². The number of esters is 1. The lowest BCUT2D eigenvalue weighted by molar-refractivity contribution is -0.144. The molecule has 104 valence electrons. The molecule has 4 nitrogen and oxygen atoms in total. The van der Waals surface area contributed by atoms with Crippen molar-refractivity contribution in [3.8, 4) is 0 Å². The molecule has 0 saturated heterocycles. The molecule has 0 unspecified atom stereocenters. The fourth-order valence-corrected chi connectivity index (χ4v) is 2.37. The third-order valence-corrected chi connectivity index (χ3v) is 3.52. The second kappa shape index (κ2) is 7.84. The molecule has 1 aromatic carbocycles. The second-order valence-corrected chi connectivity index (χ2v) is 5.28. The van der Waals surface area contributed by atoms with Gasteiger partial charge >= 0.3 is 5.97 Å². The van der Waals surface area contributed by atoms with E-state index >= 15 is 0 Å². The number of thioether (sulfide) groups is 1. The van der Waals surface area contributed by atoms with Crippen LogP contribution in [0.25, 0.3) is 0 Å². The van der Waals surface area contributed by atoms with E-state index in [1.54, 1.807) is 6.92 Å². The summed E-state index contributed by atoms with van der Waals surface area (Å²) >= 11 is 1.52. The Bertz CT molecular complexity index is 448. The van der Waals surface area contributed by atoms with Gasteiger partial charge in [0.25, 0.3) is 0 Å². The van der Waals surface area contributed by atoms with Gasteiger partial charge < -0.3 is 10.1 Å².